The van der Waals surface area contributed by atoms with Crippen LogP contribution in [0.3, 0.4) is 0 Å². The number of hydrogen-bond acceptors (Lipinski definition) is 5. The number of aliphatic hydroxyl groups is 2. The summed E-state index contributed by atoms with van der Waals surface area (Å²) in [4.78, 5) is 24.5. The number of unbranched alkanes of at least 4 members (excludes halogenated alkanes) is 46. The summed E-state index contributed by atoms with van der Waals surface area (Å²) in [6.45, 7) is 4.95. The highest BCUT2D eigenvalue weighted by atomic mass is 16.5. The molecule has 2 atom stereocenters. The highest BCUT2D eigenvalue weighted by Gasteiger charge is 2.20. The molecule has 0 radical (unpaired) electrons. The molecule has 0 aromatic rings. The lowest BCUT2D eigenvalue weighted by Crippen LogP contribution is -2.45. The van der Waals surface area contributed by atoms with Gasteiger partial charge >= 0.3 is 5.97 Å². The van der Waals surface area contributed by atoms with Gasteiger partial charge in [-0.1, -0.05) is 295 Å². The summed E-state index contributed by atoms with van der Waals surface area (Å²) in [5, 5.41) is 23.2. The van der Waals surface area contributed by atoms with Gasteiger partial charge in [0.1, 0.15) is 0 Å². The van der Waals surface area contributed by atoms with Crippen LogP contribution in [0.4, 0.5) is 0 Å². The molecule has 6 nitrogen and oxygen atoms in total. The first-order valence-electron chi connectivity index (χ1n) is 32.6. The van der Waals surface area contributed by atoms with Gasteiger partial charge < -0.3 is 20.3 Å². The second-order valence-corrected chi connectivity index (χ2v) is 22.4. The van der Waals surface area contributed by atoms with E-state index in [0.29, 0.717) is 25.9 Å². The van der Waals surface area contributed by atoms with E-state index in [-0.39, 0.29) is 18.5 Å². The molecule has 0 bridgehead atoms. The highest BCUT2D eigenvalue weighted by molar-refractivity contribution is 5.76. The quantitative estimate of drug-likeness (QED) is 0.0320. The lowest BCUT2D eigenvalue weighted by molar-refractivity contribution is -0.143. The van der Waals surface area contributed by atoms with Crippen LogP contribution in [0.5, 0.6) is 0 Å². The summed E-state index contributed by atoms with van der Waals surface area (Å²) in [7, 11) is 0. The molecule has 0 aliphatic rings. The van der Waals surface area contributed by atoms with E-state index >= 15 is 0 Å². The monoisotopic (exact) mass is 1010 g/mol. The van der Waals surface area contributed by atoms with Crippen LogP contribution in [-0.2, 0) is 14.3 Å². The molecular formula is C66H127NO5. The molecule has 0 spiro atoms. The van der Waals surface area contributed by atoms with E-state index in [1.165, 1.54) is 283 Å². The molecule has 0 aromatic carbocycles. The van der Waals surface area contributed by atoms with E-state index < -0.39 is 12.1 Å². The average molecular weight is 1010 g/mol. The maximum Gasteiger partial charge on any atom is 0.305 e. The average Bonchev–Trinajstić information content (AvgIpc) is 3.38. The Morgan fingerprint density at radius 2 is 0.653 bits per heavy atom. The van der Waals surface area contributed by atoms with Crippen molar-refractivity contribution in [1.82, 2.24) is 5.32 Å². The minimum absolute atomic E-state index is 0.00809. The van der Waals surface area contributed by atoms with Crippen LogP contribution in [0.25, 0.3) is 0 Å². The van der Waals surface area contributed by atoms with Crippen molar-refractivity contribution in [3.63, 3.8) is 0 Å². The number of ether oxygens (including phenoxy) is 1. The Morgan fingerprint density at radius 1 is 0.375 bits per heavy atom. The van der Waals surface area contributed by atoms with Crippen LogP contribution in [0.2, 0.25) is 0 Å². The molecule has 0 aromatic heterocycles. The van der Waals surface area contributed by atoms with Gasteiger partial charge in [0.15, 0.2) is 0 Å². The van der Waals surface area contributed by atoms with Crippen LogP contribution in [0, 0.1) is 0 Å². The summed E-state index contributed by atoms with van der Waals surface area (Å²) in [6, 6.07) is -0.539. The number of amides is 1. The fourth-order valence-corrected chi connectivity index (χ4v) is 10.2. The molecule has 0 aliphatic heterocycles. The third kappa shape index (κ3) is 57.6. The Labute approximate surface area is 450 Å². The lowest BCUT2D eigenvalue weighted by atomic mass is 10.0. The predicted molar refractivity (Wildman–Crippen MR) is 315 cm³/mol. The first-order valence-corrected chi connectivity index (χ1v) is 32.6. The van der Waals surface area contributed by atoms with Crippen molar-refractivity contribution in [2.24, 2.45) is 0 Å². The zero-order chi connectivity index (χ0) is 52.2. The van der Waals surface area contributed by atoms with E-state index in [1.54, 1.807) is 0 Å². The maximum atomic E-state index is 12.5. The highest BCUT2D eigenvalue weighted by Crippen LogP contribution is 2.18. The molecule has 0 rings (SSSR count). The van der Waals surface area contributed by atoms with Crippen molar-refractivity contribution in [3.8, 4) is 0 Å². The zero-order valence-corrected chi connectivity index (χ0v) is 48.7. The van der Waals surface area contributed by atoms with Crippen molar-refractivity contribution in [2.75, 3.05) is 13.2 Å². The van der Waals surface area contributed by atoms with E-state index in [9.17, 15) is 19.8 Å². The first-order chi connectivity index (χ1) is 35.5. The van der Waals surface area contributed by atoms with Crippen molar-refractivity contribution < 1.29 is 24.5 Å². The van der Waals surface area contributed by atoms with Gasteiger partial charge in [-0.05, 0) is 77.0 Å². The molecule has 0 fully saturated rings. The largest absolute Gasteiger partial charge is 0.466 e. The van der Waals surface area contributed by atoms with Crippen LogP contribution in [0.15, 0.2) is 24.3 Å². The number of allylic oxidation sites excluding steroid dienone is 4. The normalized spacial score (nSPS) is 12.7. The molecular weight excluding hydrogens is 887 g/mol. The summed E-state index contributed by atoms with van der Waals surface area (Å²) in [5.74, 6) is -0.0244. The van der Waals surface area contributed by atoms with Gasteiger partial charge in [-0.3, -0.25) is 9.59 Å². The first kappa shape index (κ1) is 70.3. The van der Waals surface area contributed by atoms with E-state index in [0.717, 1.165) is 44.9 Å². The molecule has 0 heterocycles. The minimum atomic E-state index is -0.661. The summed E-state index contributed by atoms with van der Waals surface area (Å²) in [5.41, 5.74) is 0. The molecule has 2 unspecified atom stereocenters. The SMILES string of the molecule is CCCCCC/C=C\CCCCCCCC(=O)OCCCCCCCCCCCCCC/C=C\CCCCCCCCCCCCCCCCC(=O)NC(CO)C(O)CCCCCCCCCCCCCC. The number of carbonyl (C=O) groups is 2. The Bertz CT molecular complexity index is 1120. The molecule has 3 N–H and O–H groups in total. The van der Waals surface area contributed by atoms with Gasteiger partial charge in [0, 0.05) is 12.8 Å². The molecule has 426 valence electrons. The van der Waals surface area contributed by atoms with Gasteiger partial charge in [0.2, 0.25) is 5.91 Å². The lowest BCUT2D eigenvalue weighted by Gasteiger charge is -2.22. The van der Waals surface area contributed by atoms with Crippen LogP contribution in [-0.4, -0.2) is 47.4 Å². The fraction of sp³-hybridized carbons (Fsp3) is 0.909. The van der Waals surface area contributed by atoms with E-state index in [4.69, 9.17) is 4.74 Å². The standard InChI is InChI=1S/C66H127NO5/c1-3-5-7-9-11-13-15-35-40-44-48-52-56-60-66(71)72-61-57-53-49-45-41-37-34-32-30-28-26-24-22-20-18-17-19-21-23-25-27-29-31-33-36-39-43-47-51-55-59-65(70)67-63(62-68)64(69)58-54-50-46-42-38-16-14-12-10-8-6-4-2/h13,15,18,20,63-64,68-69H,3-12,14,16-17,19,21-62H2,1-2H3,(H,67,70)/b15-13-,20-18-. The fourth-order valence-electron chi connectivity index (χ4n) is 10.2. The number of rotatable bonds is 61. The molecule has 6 heteroatoms. The summed E-state index contributed by atoms with van der Waals surface area (Å²) >= 11 is 0. The van der Waals surface area contributed by atoms with Crippen molar-refractivity contribution in [1.29, 1.82) is 0 Å². The van der Waals surface area contributed by atoms with Crippen molar-refractivity contribution in [3.05, 3.63) is 24.3 Å². The number of hydrogen-bond donors (Lipinski definition) is 3. The number of nitrogens with one attached hydrogen (secondary N) is 1. The molecule has 0 saturated heterocycles. The van der Waals surface area contributed by atoms with Gasteiger partial charge in [0.25, 0.3) is 0 Å². The van der Waals surface area contributed by atoms with Gasteiger partial charge in [0.05, 0.1) is 25.4 Å². The van der Waals surface area contributed by atoms with E-state index in [2.05, 4.69) is 43.5 Å². The van der Waals surface area contributed by atoms with Gasteiger partial charge in [-0.2, -0.15) is 0 Å². The van der Waals surface area contributed by atoms with Crippen molar-refractivity contribution in [2.45, 2.75) is 373 Å². The summed E-state index contributed by atoms with van der Waals surface area (Å²) < 4.78 is 5.48. The number of esters is 1. The van der Waals surface area contributed by atoms with Crippen LogP contribution < -0.4 is 5.32 Å². The Kier molecular flexibility index (Phi) is 60.5. The van der Waals surface area contributed by atoms with Crippen molar-refractivity contribution >= 4 is 11.9 Å². The maximum absolute atomic E-state index is 12.5. The molecule has 0 saturated carbocycles. The summed E-state index contributed by atoms with van der Waals surface area (Å²) in [6.07, 6.45) is 76.4. The molecule has 0 aliphatic carbocycles. The van der Waals surface area contributed by atoms with E-state index in [1.807, 2.05) is 0 Å². The second-order valence-electron chi connectivity index (χ2n) is 22.4. The minimum Gasteiger partial charge on any atom is -0.466 e. The molecule has 72 heavy (non-hydrogen) atoms. The van der Waals surface area contributed by atoms with Gasteiger partial charge in [-0.15, -0.1) is 0 Å². The Balaban J connectivity index is 3.35. The Morgan fingerprint density at radius 3 is 1.00 bits per heavy atom. The third-order valence-electron chi connectivity index (χ3n) is 15.2. The smallest absolute Gasteiger partial charge is 0.305 e. The van der Waals surface area contributed by atoms with Crippen LogP contribution >= 0.6 is 0 Å². The predicted octanol–water partition coefficient (Wildman–Crippen LogP) is 20.6. The Hall–Kier alpha value is -1.66. The van der Waals surface area contributed by atoms with Crippen LogP contribution in [0.1, 0.15) is 361 Å². The number of aliphatic hydroxyl groups excluding tert-OH is 2. The zero-order valence-electron chi connectivity index (χ0n) is 48.7. The second kappa shape index (κ2) is 61.9. The molecule has 1 amide bonds. The number of carbonyl (C=O) groups excluding carboxylic acids is 2. The van der Waals surface area contributed by atoms with Gasteiger partial charge in [-0.25, -0.2) is 0 Å². The topological polar surface area (TPSA) is 95.9 Å². The third-order valence-corrected chi connectivity index (χ3v) is 15.2.